The van der Waals surface area contributed by atoms with E-state index < -0.39 is 12.0 Å². The summed E-state index contributed by atoms with van der Waals surface area (Å²) in [5.74, 6) is -0.117. The zero-order valence-corrected chi connectivity index (χ0v) is 17.2. The molecule has 8 heteroatoms. The van der Waals surface area contributed by atoms with Gasteiger partial charge in [0.05, 0.1) is 34.8 Å². The maximum Gasteiger partial charge on any atom is 0.253 e. The van der Waals surface area contributed by atoms with Gasteiger partial charge in [0.2, 0.25) is 5.91 Å². The quantitative estimate of drug-likeness (QED) is 0.695. The fourth-order valence-electron chi connectivity index (χ4n) is 4.79. The van der Waals surface area contributed by atoms with Crippen LogP contribution < -0.4 is 9.64 Å². The average molecular weight is 432 g/mol. The van der Waals surface area contributed by atoms with Crippen molar-refractivity contribution < 1.29 is 14.3 Å². The van der Waals surface area contributed by atoms with Crippen molar-refractivity contribution in [2.24, 2.45) is 5.92 Å². The zero-order valence-electron chi connectivity index (χ0n) is 15.7. The van der Waals surface area contributed by atoms with Gasteiger partial charge in [0.1, 0.15) is 11.8 Å². The zero-order chi connectivity index (χ0) is 20.3. The molecule has 150 valence electrons. The summed E-state index contributed by atoms with van der Waals surface area (Å²) >= 11 is 12.2. The Kier molecular flexibility index (Phi) is 4.55. The number of benzene rings is 2. The molecular weight excluding hydrogens is 413 g/mol. The van der Waals surface area contributed by atoms with E-state index in [9.17, 15) is 9.59 Å². The second-order valence-electron chi connectivity index (χ2n) is 7.48. The maximum atomic E-state index is 13.5. The van der Waals surface area contributed by atoms with E-state index in [2.05, 4.69) is 10.0 Å². The molecule has 3 aliphatic rings. The topological polar surface area (TPSA) is 53.1 Å². The van der Waals surface area contributed by atoms with Crippen LogP contribution in [-0.4, -0.2) is 48.1 Å². The minimum absolute atomic E-state index is 0.183. The van der Waals surface area contributed by atoms with Gasteiger partial charge in [-0.1, -0.05) is 35.3 Å². The standard InChI is InChI=1S/C21H19Cl2N3O3/c1-29-14-6-3-12(4-7-14)18-17-19(25-10-2-9-24(18)25)21(28)26(20(17)27)13-5-8-15(22)16(23)11-13/h3-8,11,17-19H,2,9-10H2,1H3/t17-,18+,19+/m0/s1. The highest BCUT2D eigenvalue weighted by Crippen LogP contribution is 2.49. The number of ether oxygens (including phenoxy) is 1. The van der Waals surface area contributed by atoms with Crippen molar-refractivity contribution in [3.05, 3.63) is 58.1 Å². The molecule has 3 atom stereocenters. The number of carbonyl (C=O) groups is 2. The fourth-order valence-corrected chi connectivity index (χ4v) is 5.09. The van der Waals surface area contributed by atoms with Crippen LogP contribution in [-0.2, 0) is 9.59 Å². The first-order valence-electron chi connectivity index (χ1n) is 9.51. The molecule has 0 spiro atoms. The van der Waals surface area contributed by atoms with E-state index in [-0.39, 0.29) is 17.9 Å². The Morgan fingerprint density at radius 2 is 1.59 bits per heavy atom. The molecule has 5 rings (SSSR count). The number of anilines is 1. The molecule has 0 saturated carbocycles. The van der Waals surface area contributed by atoms with E-state index in [1.807, 2.05) is 24.3 Å². The molecule has 2 amide bonds. The van der Waals surface area contributed by atoms with Crippen LogP contribution in [0, 0.1) is 5.92 Å². The fraction of sp³-hybridized carbons (Fsp3) is 0.333. The van der Waals surface area contributed by atoms with Gasteiger partial charge in [-0.15, -0.1) is 0 Å². The van der Waals surface area contributed by atoms with Gasteiger partial charge in [-0.2, -0.15) is 0 Å². The first-order chi connectivity index (χ1) is 14.0. The molecule has 2 aromatic carbocycles. The van der Waals surface area contributed by atoms with Crippen molar-refractivity contribution in [1.29, 1.82) is 0 Å². The molecule has 2 aromatic rings. The number of nitrogens with zero attached hydrogens (tertiary/aromatic N) is 3. The molecule has 29 heavy (non-hydrogen) atoms. The molecule has 0 N–H and O–H groups in total. The van der Waals surface area contributed by atoms with Gasteiger partial charge in [0, 0.05) is 13.1 Å². The van der Waals surface area contributed by atoms with Crippen molar-refractivity contribution >= 4 is 40.7 Å². The molecule has 3 heterocycles. The number of hydrogen-bond donors (Lipinski definition) is 0. The van der Waals surface area contributed by atoms with Crippen molar-refractivity contribution in [3.8, 4) is 5.75 Å². The Labute approximate surface area is 178 Å². The average Bonchev–Trinajstić information content (AvgIpc) is 3.37. The molecule has 0 radical (unpaired) electrons. The summed E-state index contributed by atoms with van der Waals surface area (Å²) in [7, 11) is 1.62. The van der Waals surface area contributed by atoms with Gasteiger partial charge in [0.25, 0.3) is 5.91 Å². The van der Waals surface area contributed by atoms with Gasteiger partial charge in [0.15, 0.2) is 0 Å². The Bertz CT molecular complexity index is 997. The molecule has 3 aliphatic heterocycles. The van der Waals surface area contributed by atoms with Crippen LogP contribution in [0.5, 0.6) is 5.75 Å². The third-order valence-corrected chi connectivity index (χ3v) is 6.76. The molecule has 0 unspecified atom stereocenters. The van der Waals surface area contributed by atoms with Gasteiger partial charge in [-0.05, 0) is 42.3 Å². The number of hydrazine groups is 1. The van der Waals surface area contributed by atoms with Gasteiger partial charge >= 0.3 is 0 Å². The lowest BCUT2D eigenvalue weighted by Crippen LogP contribution is -2.44. The first kappa shape index (κ1) is 18.9. The van der Waals surface area contributed by atoms with Crippen LogP contribution >= 0.6 is 23.2 Å². The second-order valence-corrected chi connectivity index (χ2v) is 8.29. The van der Waals surface area contributed by atoms with Crippen LogP contribution in [0.4, 0.5) is 5.69 Å². The molecule has 3 fully saturated rings. The SMILES string of the molecule is COc1ccc([C@@H]2[C@@H]3C(=O)N(c4ccc(Cl)c(Cl)c4)C(=O)[C@@H]3N3CCCN23)cc1. The number of hydrogen-bond acceptors (Lipinski definition) is 5. The van der Waals surface area contributed by atoms with Crippen molar-refractivity contribution in [2.75, 3.05) is 25.1 Å². The summed E-state index contributed by atoms with van der Waals surface area (Å²) in [5.41, 5.74) is 1.46. The predicted molar refractivity (Wildman–Crippen MR) is 110 cm³/mol. The van der Waals surface area contributed by atoms with Crippen LogP contribution in [0.1, 0.15) is 18.0 Å². The summed E-state index contributed by atoms with van der Waals surface area (Å²) in [6, 6.07) is 11.9. The largest absolute Gasteiger partial charge is 0.497 e. The van der Waals surface area contributed by atoms with Crippen LogP contribution in [0.15, 0.2) is 42.5 Å². The number of carbonyl (C=O) groups excluding carboxylic acids is 2. The minimum Gasteiger partial charge on any atom is -0.497 e. The van der Waals surface area contributed by atoms with E-state index >= 15 is 0 Å². The van der Waals surface area contributed by atoms with E-state index in [0.29, 0.717) is 15.7 Å². The predicted octanol–water partition coefficient (Wildman–Crippen LogP) is 3.54. The molecule has 0 aliphatic carbocycles. The molecule has 0 aromatic heterocycles. The van der Waals surface area contributed by atoms with Gasteiger partial charge < -0.3 is 4.74 Å². The second kappa shape index (κ2) is 6.99. The molecule has 3 saturated heterocycles. The summed E-state index contributed by atoms with van der Waals surface area (Å²) in [6.45, 7) is 1.60. The number of methoxy groups -OCH3 is 1. The summed E-state index contributed by atoms with van der Waals surface area (Å²) in [6.07, 6.45) is 0.962. The van der Waals surface area contributed by atoms with Gasteiger partial charge in [-0.25, -0.2) is 14.9 Å². The molecular formula is C21H19Cl2N3O3. The monoisotopic (exact) mass is 431 g/mol. The van der Waals surface area contributed by atoms with Gasteiger partial charge in [-0.3, -0.25) is 9.59 Å². The van der Waals surface area contributed by atoms with Crippen LogP contribution in [0.3, 0.4) is 0 Å². The summed E-state index contributed by atoms with van der Waals surface area (Å²) in [4.78, 5) is 28.1. The number of rotatable bonds is 3. The Morgan fingerprint density at radius 3 is 2.24 bits per heavy atom. The highest BCUT2D eigenvalue weighted by Gasteiger charge is 2.62. The number of fused-ring (bicyclic) bond motifs is 3. The van der Waals surface area contributed by atoms with E-state index in [1.54, 1.807) is 25.3 Å². The Morgan fingerprint density at radius 1 is 0.897 bits per heavy atom. The van der Waals surface area contributed by atoms with Crippen LogP contribution in [0.25, 0.3) is 0 Å². The Hall–Kier alpha value is -2.12. The lowest BCUT2D eigenvalue weighted by Gasteiger charge is -2.29. The van der Waals surface area contributed by atoms with Crippen molar-refractivity contribution in [1.82, 2.24) is 10.0 Å². The lowest BCUT2D eigenvalue weighted by molar-refractivity contribution is -0.126. The van der Waals surface area contributed by atoms with E-state index in [1.165, 1.54) is 4.90 Å². The maximum absolute atomic E-state index is 13.5. The summed E-state index contributed by atoms with van der Waals surface area (Å²) in [5, 5.41) is 4.95. The van der Waals surface area contributed by atoms with E-state index in [0.717, 1.165) is 30.8 Å². The highest BCUT2D eigenvalue weighted by atomic mass is 35.5. The van der Waals surface area contributed by atoms with Crippen molar-refractivity contribution in [2.45, 2.75) is 18.5 Å². The van der Waals surface area contributed by atoms with E-state index in [4.69, 9.17) is 27.9 Å². The number of amides is 2. The molecule has 0 bridgehead atoms. The smallest absolute Gasteiger partial charge is 0.253 e. The number of halogens is 2. The number of imide groups is 1. The summed E-state index contributed by atoms with van der Waals surface area (Å²) < 4.78 is 5.26. The third kappa shape index (κ3) is 2.78. The lowest BCUT2D eigenvalue weighted by atomic mass is 9.90. The normalized spacial score (nSPS) is 26.9. The third-order valence-electron chi connectivity index (χ3n) is 6.02. The highest BCUT2D eigenvalue weighted by molar-refractivity contribution is 6.42. The van der Waals surface area contributed by atoms with Crippen molar-refractivity contribution in [3.63, 3.8) is 0 Å². The first-order valence-corrected chi connectivity index (χ1v) is 10.3. The Balaban J connectivity index is 1.56. The van der Waals surface area contributed by atoms with Crippen LogP contribution in [0.2, 0.25) is 10.0 Å². The minimum atomic E-state index is -0.494. The molecule has 6 nitrogen and oxygen atoms in total.